The van der Waals surface area contributed by atoms with Crippen LogP contribution < -0.4 is 5.32 Å². The van der Waals surface area contributed by atoms with Crippen molar-refractivity contribution in [2.24, 2.45) is 0 Å². The van der Waals surface area contributed by atoms with Crippen molar-refractivity contribution in [3.8, 4) is 0 Å². The van der Waals surface area contributed by atoms with Crippen LogP contribution in [0.2, 0.25) is 0 Å². The van der Waals surface area contributed by atoms with E-state index in [1.54, 1.807) is 4.31 Å². The van der Waals surface area contributed by atoms with Crippen LogP contribution in [0, 0.1) is 0 Å². The van der Waals surface area contributed by atoms with Crippen molar-refractivity contribution in [2.45, 2.75) is 51.6 Å². The number of nitrogens with zero attached hydrogens (tertiary/aromatic N) is 2. The second kappa shape index (κ2) is 7.20. The van der Waals surface area contributed by atoms with E-state index in [0.717, 1.165) is 26.1 Å². The standard InChI is InChI=1S/C14H29N3O2S/c1-13(2)15-7-5-11-20(18,19)17-10-6-14(12-17)16-8-3-4-9-16/h13-15H,3-12H2,1-2H3. The molecule has 6 heteroatoms. The fourth-order valence-electron chi connectivity index (χ4n) is 3.14. The molecule has 0 amide bonds. The Morgan fingerprint density at radius 3 is 2.55 bits per heavy atom. The maximum absolute atomic E-state index is 12.3. The second-order valence-electron chi connectivity index (χ2n) is 6.32. The largest absolute Gasteiger partial charge is 0.314 e. The van der Waals surface area contributed by atoms with Crippen molar-refractivity contribution in [1.82, 2.24) is 14.5 Å². The first-order valence-corrected chi connectivity index (χ1v) is 9.55. The van der Waals surface area contributed by atoms with Crippen molar-refractivity contribution in [1.29, 1.82) is 0 Å². The van der Waals surface area contributed by atoms with Crippen LogP contribution in [0.25, 0.3) is 0 Å². The summed E-state index contributed by atoms with van der Waals surface area (Å²) in [5, 5.41) is 3.27. The predicted molar refractivity (Wildman–Crippen MR) is 82.3 cm³/mol. The normalized spacial score (nSPS) is 25.9. The number of rotatable bonds is 7. The van der Waals surface area contributed by atoms with Gasteiger partial charge in [-0.25, -0.2) is 12.7 Å². The Labute approximate surface area is 123 Å². The van der Waals surface area contributed by atoms with Crippen LogP contribution in [0.5, 0.6) is 0 Å². The van der Waals surface area contributed by atoms with Gasteiger partial charge in [0.2, 0.25) is 10.0 Å². The molecule has 0 saturated carbocycles. The molecular weight excluding hydrogens is 274 g/mol. The summed E-state index contributed by atoms with van der Waals surface area (Å²) in [5.41, 5.74) is 0. The van der Waals surface area contributed by atoms with E-state index < -0.39 is 10.0 Å². The Bertz CT molecular complexity index is 391. The van der Waals surface area contributed by atoms with Gasteiger partial charge in [-0.05, 0) is 45.3 Å². The van der Waals surface area contributed by atoms with Crippen LogP contribution in [-0.2, 0) is 10.0 Å². The maximum Gasteiger partial charge on any atom is 0.214 e. The molecule has 20 heavy (non-hydrogen) atoms. The molecule has 0 bridgehead atoms. The van der Waals surface area contributed by atoms with E-state index in [-0.39, 0.29) is 5.75 Å². The number of nitrogens with one attached hydrogen (secondary N) is 1. The summed E-state index contributed by atoms with van der Waals surface area (Å²) in [6.45, 7) is 8.65. The maximum atomic E-state index is 12.3. The Balaban J connectivity index is 1.75. The lowest BCUT2D eigenvalue weighted by atomic mass is 10.2. The minimum Gasteiger partial charge on any atom is -0.314 e. The summed E-state index contributed by atoms with van der Waals surface area (Å²) < 4.78 is 26.3. The van der Waals surface area contributed by atoms with Gasteiger partial charge in [-0.15, -0.1) is 0 Å². The van der Waals surface area contributed by atoms with E-state index in [1.165, 1.54) is 12.8 Å². The summed E-state index contributed by atoms with van der Waals surface area (Å²) in [4.78, 5) is 2.47. The Morgan fingerprint density at radius 1 is 1.20 bits per heavy atom. The van der Waals surface area contributed by atoms with Gasteiger partial charge in [0.25, 0.3) is 0 Å². The van der Waals surface area contributed by atoms with E-state index in [4.69, 9.17) is 0 Å². The molecule has 2 saturated heterocycles. The highest BCUT2D eigenvalue weighted by Crippen LogP contribution is 2.22. The van der Waals surface area contributed by atoms with Gasteiger partial charge in [0.1, 0.15) is 0 Å². The van der Waals surface area contributed by atoms with Crippen LogP contribution in [-0.4, -0.2) is 68.2 Å². The first kappa shape index (κ1) is 16.2. The third kappa shape index (κ3) is 4.41. The van der Waals surface area contributed by atoms with Crippen LogP contribution in [0.15, 0.2) is 0 Å². The van der Waals surface area contributed by atoms with Gasteiger partial charge < -0.3 is 5.32 Å². The lowest BCUT2D eigenvalue weighted by molar-refractivity contribution is 0.251. The lowest BCUT2D eigenvalue weighted by Gasteiger charge is -2.23. The smallest absolute Gasteiger partial charge is 0.214 e. The van der Waals surface area contributed by atoms with Gasteiger partial charge in [-0.3, -0.25) is 4.90 Å². The molecule has 2 heterocycles. The number of likely N-dealkylation sites (tertiary alicyclic amines) is 1. The average molecular weight is 303 g/mol. The summed E-state index contributed by atoms with van der Waals surface area (Å²) in [5.74, 6) is 0.277. The minimum absolute atomic E-state index is 0.277. The molecule has 2 rings (SSSR count). The van der Waals surface area contributed by atoms with Crippen molar-refractivity contribution in [3.05, 3.63) is 0 Å². The average Bonchev–Trinajstić information content (AvgIpc) is 3.03. The van der Waals surface area contributed by atoms with Gasteiger partial charge in [0.05, 0.1) is 5.75 Å². The monoisotopic (exact) mass is 303 g/mol. The third-order valence-electron chi connectivity index (χ3n) is 4.31. The molecule has 0 aromatic rings. The van der Waals surface area contributed by atoms with Gasteiger partial charge in [0.15, 0.2) is 0 Å². The molecule has 0 aromatic heterocycles. The fourth-order valence-corrected chi connectivity index (χ4v) is 4.69. The zero-order valence-corrected chi connectivity index (χ0v) is 13.7. The van der Waals surface area contributed by atoms with Crippen LogP contribution in [0.3, 0.4) is 0 Å². The van der Waals surface area contributed by atoms with Gasteiger partial charge in [-0.2, -0.15) is 0 Å². The first-order chi connectivity index (χ1) is 9.49. The molecule has 118 valence electrons. The Morgan fingerprint density at radius 2 is 1.90 bits per heavy atom. The lowest BCUT2D eigenvalue weighted by Crippen LogP contribution is -2.38. The number of hydrogen-bond donors (Lipinski definition) is 1. The second-order valence-corrected chi connectivity index (χ2v) is 8.41. The van der Waals surface area contributed by atoms with E-state index >= 15 is 0 Å². The highest BCUT2D eigenvalue weighted by atomic mass is 32.2. The third-order valence-corrected chi connectivity index (χ3v) is 6.23. The van der Waals surface area contributed by atoms with Crippen molar-refractivity contribution >= 4 is 10.0 Å². The molecule has 0 aromatic carbocycles. The van der Waals surface area contributed by atoms with Gasteiger partial charge in [-0.1, -0.05) is 13.8 Å². The topological polar surface area (TPSA) is 52.7 Å². The first-order valence-electron chi connectivity index (χ1n) is 7.94. The molecule has 1 N–H and O–H groups in total. The van der Waals surface area contributed by atoms with Crippen molar-refractivity contribution in [3.63, 3.8) is 0 Å². The van der Waals surface area contributed by atoms with Crippen molar-refractivity contribution < 1.29 is 8.42 Å². The molecule has 0 radical (unpaired) electrons. The van der Waals surface area contributed by atoms with Crippen LogP contribution in [0.4, 0.5) is 0 Å². The van der Waals surface area contributed by atoms with E-state index in [0.29, 0.717) is 31.6 Å². The molecule has 2 fully saturated rings. The van der Waals surface area contributed by atoms with Gasteiger partial charge >= 0.3 is 0 Å². The van der Waals surface area contributed by atoms with E-state index in [1.807, 2.05) is 0 Å². The van der Waals surface area contributed by atoms with Gasteiger partial charge in [0, 0.05) is 25.2 Å². The van der Waals surface area contributed by atoms with Crippen LogP contribution >= 0.6 is 0 Å². The molecule has 0 spiro atoms. The highest BCUT2D eigenvalue weighted by Gasteiger charge is 2.34. The molecule has 0 aliphatic carbocycles. The molecule has 2 aliphatic rings. The highest BCUT2D eigenvalue weighted by molar-refractivity contribution is 7.89. The molecular formula is C14H29N3O2S. The van der Waals surface area contributed by atoms with Crippen molar-refractivity contribution in [2.75, 3.05) is 38.5 Å². The zero-order chi connectivity index (χ0) is 14.6. The molecule has 1 atom stereocenters. The summed E-state index contributed by atoms with van der Waals surface area (Å²) in [7, 11) is -3.05. The molecule has 1 unspecified atom stereocenters. The number of hydrogen-bond acceptors (Lipinski definition) is 4. The SMILES string of the molecule is CC(C)NCCCS(=O)(=O)N1CCC(N2CCCC2)C1. The fraction of sp³-hybridized carbons (Fsp3) is 1.00. The predicted octanol–water partition coefficient (Wildman–Crippen LogP) is 0.874. The van der Waals surface area contributed by atoms with E-state index in [2.05, 4.69) is 24.1 Å². The zero-order valence-electron chi connectivity index (χ0n) is 12.8. The Kier molecular flexibility index (Phi) is 5.84. The summed E-state index contributed by atoms with van der Waals surface area (Å²) in [6, 6.07) is 0.880. The quantitative estimate of drug-likeness (QED) is 0.709. The van der Waals surface area contributed by atoms with Crippen LogP contribution in [0.1, 0.15) is 39.5 Å². The Hall–Kier alpha value is -0.170. The molecule has 5 nitrogen and oxygen atoms in total. The minimum atomic E-state index is -3.05. The number of sulfonamides is 1. The van der Waals surface area contributed by atoms with E-state index in [9.17, 15) is 8.42 Å². The molecule has 2 aliphatic heterocycles. The summed E-state index contributed by atoms with van der Waals surface area (Å²) >= 11 is 0. The summed E-state index contributed by atoms with van der Waals surface area (Å²) in [6.07, 6.45) is 4.24.